The Bertz CT molecular complexity index is 859. The molecule has 0 saturated carbocycles. The number of nitrogens with zero attached hydrogens (tertiary/aromatic N) is 1. The van der Waals surface area contributed by atoms with Crippen LogP contribution in [0, 0.1) is 5.92 Å². The molecule has 0 N–H and O–H groups in total. The summed E-state index contributed by atoms with van der Waals surface area (Å²) >= 11 is 0. The van der Waals surface area contributed by atoms with Gasteiger partial charge in [0.15, 0.2) is 0 Å². The first kappa shape index (κ1) is 19.4. The number of methoxy groups -OCH3 is 1. The van der Waals surface area contributed by atoms with Gasteiger partial charge in [0.1, 0.15) is 11.5 Å². The van der Waals surface area contributed by atoms with Gasteiger partial charge in [-0.25, -0.2) is 4.79 Å². The summed E-state index contributed by atoms with van der Waals surface area (Å²) in [4.78, 5) is 37.8. The second-order valence-electron chi connectivity index (χ2n) is 6.27. The fourth-order valence-electron chi connectivity index (χ4n) is 2.98. The average Bonchev–Trinajstić information content (AvgIpc) is 3.10. The van der Waals surface area contributed by atoms with Crippen LogP contribution in [0.3, 0.4) is 0 Å². The molecular weight excluding hydrogens is 362 g/mol. The van der Waals surface area contributed by atoms with Crippen LogP contribution < -0.4 is 14.4 Å². The highest BCUT2D eigenvalue weighted by molar-refractivity contribution is 5.99. The Labute approximate surface area is 162 Å². The Morgan fingerprint density at radius 3 is 2.29 bits per heavy atom. The van der Waals surface area contributed by atoms with Gasteiger partial charge in [-0.05, 0) is 55.5 Å². The van der Waals surface area contributed by atoms with Crippen molar-refractivity contribution in [3.8, 4) is 11.5 Å². The normalized spacial score (nSPS) is 16.0. The third-order valence-electron chi connectivity index (χ3n) is 4.41. The number of benzene rings is 2. The van der Waals surface area contributed by atoms with Gasteiger partial charge in [0.25, 0.3) is 0 Å². The van der Waals surface area contributed by atoms with Crippen molar-refractivity contribution in [3.63, 3.8) is 0 Å². The van der Waals surface area contributed by atoms with Crippen LogP contribution in [-0.2, 0) is 14.3 Å². The second kappa shape index (κ2) is 8.56. The van der Waals surface area contributed by atoms with Gasteiger partial charge in [-0.15, -0.1) is 0 Å². The van der Waals surface area contributed by atoms with Crippen molar-refractivity contribution >= 4 is 23.5 Å². The molecule has 1 fully saturated rings. The zero-order valence-corrected chi connectivity index (χ0v) is 15.7. The lowest BCUT2D eigenvalue weighted by molar-refractivity contribution is -0.139. The molecule has 1 amide bonds. The maximum Gasteiger partial charge on any atom is 0.337 e. The molecule has 0 radical (unpaired) electrons. The highest BCUT2D eigenvalue weighted by Gasteiger charge is 2.36. The Hall–Kier alpha value is -3.35. The Kier molecular flexibility index (Phi) is 5.93. The van der Waals surface area contributed by atoms with Gasteiger partial charge in [-0.3, -0.25) is 9.59 Å². The average molecular weight is 383 g/mol. The van der Waals surface area contributed by atoms with E-state index in [1.807, 2.05) is 6.92 Å². The van der Waals surface area contributed by atoms with Gasteiger partial charge in [0.05, 0.1) is 25.2 Å². The quantitative estimate of drug-likeness (QED) is 0.564. The van der Waals surface area contributed by atoms with Crippen molar-refractivity contribution in [1.82, 2.24) is 0 Å². The number of hydrogen-bond donors (Lipinski definition) is 0. The summed E-state index contributed by atoms with van der Waals surface area (Å²) in [6, 6.07) is 13.2. The number of anilines is 1. The number of ether oxygens (including phenoxy) is 3. The summed E-state index contributed by atoms with van der Waals surface area (Å²) in [6.45, 7) is 2.72. The van der Waals surface area contributed by atoms with E-state index in [1.165, 1.54) is 31.4 Å². The lowest BCUT2D eigenvalue weighted by atomic mass is 10.1. The summed E-state index contributed by atoms with van der Waals surface area (Å²) in [7, 11) is 1.30. The van der Waals surface area contributed by atoms with E-state index in [0.717, 1.165) is 5.75 Å². The zero-order chi connectivity index (χ0) is 20.1. The van der Waals surface area contributed by atoms with Crippen LogP contribution in [-0.4, -0.2) is 38.1 Å². The SMILES string of the molecule is CCOc1ccc(N2C[C@H](C(=O)Oc3ccc(C(=O)OC)cc3)CC2=O)cc1. The molecule has 7 nitrogen and oxygen atoms in total. The maximum atomic E-state index is 12.4. The molecule has 2 aromatic carbocycles. The minimum Gasteiger partial charge on any atom is -0.494 e. The van der Waals surface area contributed by atoms with Crippen LogP contribution in [0.15, 0.2) is 48.5 Å². The third-order valence-corrected chi connectivity index (χ3v) is 4.41. The van der Waals surface area contributed by atoms with E-state index >= 15 is 0 Å². The molecule has 0 unspecified atom stereocenters. The molecule has 0 aliphatic carbocycles. The number of hydrogen-bond acceptors (Lipinski definition) is 6. The van der Waals surface area contributed by atoms with E-state index in [2.05, 4.69) is 4.74 Å². The maximum absolute atomic E-state index is 12.4. The van der Waals surface area contributed by atoms with E-state index in [0.29, 0.717) is 23.6 Å². The predicted molar refractivity (Wildman–Crippen MR) is 101 cm³/mol. The van der Waals surface area contributed by atoms with Crippen LogP contribution in [0.25, 0.3) is 0 Å². The molecule has 3 rings (SSSR count). The Balaban J connectivity index is 1.62. The molecule has 1 heterocycles. The number of carbonyl (C=O) groups is 3. The number of esters is 2. The topological polar surface area (TPSA) is 82.1 Å². The summed E-state index contributed by atoms with van der Waals surface area (Å²) in [5.74, 6) is -0.599. The van der Waals surface area contributed by atoms with Crippen LogP contribution in [0.5, 0.6) is 11.5 Å². The van der Waals surface area contributed by atoms with Crippen LogP contribution in [0.2, 0.25) is 0 Å². The molecule has 7 heteroatoms. The molecule has 0 aromatic heterocycles. The van der Waals surface area contributed by atoms with Crippen molar-refractivity contribution in [1.29, 1.82) is 0 Å². The van der Waals surface area contributed by atoms with E-state index in [4.69, 9.17) is 9.47 Å². The van der Waals surface area contributed by atoms with Crippen molar-refractivity contribution in [3.05, 3.63) is 54.1 Å². The molecule has 2 aromatic rings. The van der Waals surface area contributed by atoms with Gasteiger partial charge in [-0.2, -0.15) is 0 Å². The molecule has 1 aliphatic rings. The fraction of sp³-hybridized carbons (Fsp3) is 0.286. The highest BCUT2D eigenvalue weighted by atomic mass is 16.5. The van der Waals surface area contributed by atoms with E-state index in [9.17, 15) is 14.4 Å². The smallest absolute Gasteiger partial charge is 0.337 e. The van der Waals surface area contributed by atoms with Crippen LogP contribution in [0.4, 0.5) is 5.69 Å². The molecule has 1 saturated heterocycles. The number of rotatable bonds is 6. The first-order valence-corrected chi connectivity index (χ1v) is 8.95. The first-order valence-electron chi connectivity index (χ1n) is 8.95. The van der Waals surface area contributed by atoms with Gasteiger partial charge in [0.2, 0.25) is 5.91 Å². The zero-order valence-electron chi connectivity index (χ0n) is 15.7. The summed E-state index contributed by atoms with van der Waals surface area (Å²) in [5, 5.41) is 0. The van der Waals surface area contributed by atoms with Crippen molar-refractivity contribution < 1.29 is 28.6 Å². The second-order valence-corrected chi connectivity index (χ2v) is 6.27. The van der Waals surface area contributed by atoms with Crippen LogP contribution in [0.1, 0.15) is 23.7 Å². The predicted octanol–water partition coefficient (Wildman–Crippen LogP) is 2.83. The number of carbonyl (C=O) groups excluding carboxylic acids is 3. The van der Waals surface area contributed by atoms with Crippen LogP contribution >= 0.6 is 0 Å². The molecular formula is C21H21NO6. The van der Waals surface area contributed by atoms with Crippen molar-refractivity contribution in [2.24, 2.45) is 5.92 Å². The minimum absolute atomic E-state index is 0.0896. The van der Waals surface area contributed by atoms with Gasteiger partial charge < -0.3 is 19.1 Å². The van der Waals surface area contributed by atoms with Crippen molar-refractivity contribution in [2.45, 2.75) is 13.3 Å². The summed E-state index contributed by atoms with van der Waals surface area (Å²) < 4.78 is 15.4. The fourth-order valence-corrected chi connectivity index (χ4v) is 2.98. The van der Waals surface area contributed by atoms with E-state index < -0.39 is 17.9 Å². The molecule has 0 spiro atoms. The third kappa shape index (κ3) is 4.31. The molecule has 0 bridgehead atoms. The number of amides is 1. The Morgan fingerprint density at radius 1 is 1.04 bits per heavy atom. The molecule has 1 atom stereocenters. The van der Waals surface area contributed by atoms with E-state index in [1.54, 1.807) is 29.2 Å². The monoisotopic (exact) mass is 383 g/mol. The lowest BCUT2D eigenvalue weighted by Gasteiger charge is -2.17. The lowest BCUT2D eigenvalue weighted by Crippen LogP contribution is -2.27. The Morgan fingerprint density at radius 2 is 1.68 bits per heavy atom. The minimum atomic E-state index is -0.556. The van der Waals surface area contributed by atoms with Gasteiger partial charge in [0, 0.05) is 18.7 Å². The summed E-state index contributed by atoms with van der Waals surface area (Å²) in [5.41, 5.74) is 1.08. The largest absolute Gasteiger partial charge is 0.494 e. The van der Waals surface area contributed by atoms with Gasteiger partial charge in [-0.1, -0.05) is 0 Å². The first-order chi connectivity index (χ1) is 13.5. The standard InChI is InChI=1S/C21H21NO6/c1-3-27-17-10-6-16(7-11-17)22-13-15(12-19(22)23)21(25)28-18-8-4-14(5-9-18)20(24)26-2/h4-11,15H,3,12-13H2,1-2H3/t15-/m1/s1. The van der Waals surface area contributed by atoms with Crippen molar-refractivity contribution in [2.75, 3.05) is 25.2 Å². The molecule has 28 heavy (non-hydrogen) atoms. The molecule has 146 valence electrons. The van der Waals surface area contributed by atoms with E-state index in [-0.39, 0.29) is 18.9 Å². The molecule has 1 aliphatic heterocycles. The summed E-state index contributed by atoms with van der Waals surface area (Å²) in [6.07, 6.45) is 0.0896. The van der Waals surface area contributed by atoms with Gasteiger partial charge >= 0.3 is 11.9 Å². The highest BCUT2D eigenvalue weighted by Crippen LogP contribution is 2.28.